The van der Waals surface area contributed by atoms with E-state index >= 15 is 0 Å². The molecule has 0 radical (unpaired) electrons. The number of nitrogens with zero attached hydrogens (tertiary/aromatic N) is 1. The van der Waals surface area contributed by atoms with Crippen LogP contribution in [0.25, 0.3) is 0 Å². The fraction of sp³-hybridized carbons (Fsp3) is 0.250. The lowest BCUT2D eigenvalue weighted by molar-refractivity contribution is -0.116. The van der Waals surface area contributed by atoms with E-state index in [1.807, 2.05) is 0 Å². The average molecular weight is 185 g/mol. The summed E-state index contributed by atoms with van der Waals surface area (Å²) in [5.41, 5.74) is 1.09. The van der Waals surface area contributed by atoms with Crippen molar-refractivity contribution in [3.8, 4) is 0 Å². The van der Waals surface area contributed by atoms with E-state index in [1.54, 1.807) is 13.1 Å². The third-order valence-electron chi connectivity index (χ3n) is 1.56. The van der Waals surface area contributed by atoms with Gasteiger partial charge in [-0.05, 0) is 6.92 Å². The molecular formula is C8H9ClN2O. The second-order valence-electron chi connectivity index (χ2n) is 2.32. The third-order valence-corrected chi connectivity index (χ3v) is 1.88. The van der Waals surface area contributed by atoms with E-state index in [-0.39, 0.29) is 5.91 Å². The molecule has 1 aliphatic rings. The molecule has 1 rings (SSSR count). The zero-order chi connectivity index (χ0) is 9.14. The van der Waals surface area contributed by atoms with E-state index in [1.165, 1.54) is 0 Å². The summed E-state index contributed by atoms with van der Waals surface area (Å²) in [5.74, 6) is -0.172. The third kappa shape index (κ3) is 1.56. The number of amides is 1. The quantitative estimate of drug-likeness (QED) is 0.372. The van der Waals surface area contributed by atoms with Crippen molar-refractivity contribution in [2.45, 2.75) is 6.92 Å². The Bertz CT molecular complexity index is 291. The van der Waals surface area contributed by atoms with Gasteiger partial charge in [0.05, 0.1) is 0 Å². The predicted octanol–water partition coefficient (Wildman–Crippen LogP) is 1.21. The van der Waals surface area contributed by atoms with Gasteiger partial charge >= 0.3 is 0 Å². The molecule has 0 atom stereocenters. The fourth-order valence-electron chi connectivity index (χ4n) is 0.908. The number of nitrogens with one attached hydrogen (secondary N) is 1. The first kappa shape index (κ1) is 9.00. The average Bonchev–Trinajstić information content (AvgIpc) is 2.34. The second kappa shape index (κ2) is 3.54. The highest BCUT2D eigenvalue weighted by Crippen LogP contribution is 2.21. The summed E-state index contributed by atoms with van der Waals surface area (Å²) in [4.78, 5) is 14.8. The molecule has 0 aliphatic carbocycles. The molecule has 1 N–H and O–H groups in total. The van der Waals surface area contributed by atoms with Crippen molar-refractivity contribution in [3.63, 3.8) is 0 Å². The highest BCUT2D eigenvalue weighted by Gasteiger charge is 2.22. The molecule has 0 aromatic carbocycles. The minimum absolute atomic E-state index is 0.172. The first-order chi connectivity index (χ1) is 5.66. The van der Waals surface area contributed by atoms with Crippen molar-refractivity contribution in [2.75, 3.05) is 6.54 Å². The molecule has 0 unspecified atom stereocenters. The lowest BCUT2D eigenvalue weighted by atomic mass is 10.2. The van der Waals surface area contributed by atoms with Gasteiger partial charge in [-0.3, -0.25) is 4.79 Å². The van der Waals surface area contributed by atoms with Gasteiger partial charge in [-0.25, -0.2) is 4.99 Å². The molecule has 0 aromatic rings. The van der Waals surface area contributed by atoms with Gasteiger partial charge in [-0.2, -0.15) is 0 Å². The summed E-state index contributed by atoms with van der Waals surface area (Å²) in [5, 5.41) is 2.94. The van der Waals surface area contributed by atoms with Gasteiger partial charge in [-0.1, -0.05) is 18.2 Å². The number of aliphatic imine (C=N–C) groups is 1. The minimum Gasteiger partial charge on any atom is -0.348 e. The highest BCUT2D eigenvalue weighted by atomic mass is 35.5. The first-order valence-corrected chi connectivity index (χ1v) is 3.89. The second-order valence-corrected chi connectivity index (χ2v) is 2.68. The number of hydrogen-bond donors (Lipinski definition) is 1. The smallest absolute Gasteiger partial charge is 0.251 e. The molecule has 0 saturated carbocycles. The van der Waals surface area contributed by atoms with Crippen LogP contribution >= 0.6 is 11.6 Å². The lowest BCUT2D eigenvalue weighted by Crippen LogP contribution is -2.13. The van der Waals surface area contributed by atoms with Gasteiger partial charge in [0.25, 0.3) is 5.91 Å². The van der Waals surface area contributed by atoms with Crippen molar-refractivity contribution in [2.24, 2.45) is 4.99 Å². The van der Waals surface area contributed by atoms with Crippen LogP contribution < -0.4 is 5.32 Å². The fourth-order valence-corrected chi connectivity index (χ4v) is 1.19. The molecule has 4 heteroatoms. The number of carbonyl (C=O) groups excluding carboxylic acids is 1. The van der Waals surface area contributed by atoms with Gasteiger partial charge in [0, 0.05) is 23.9 Å². The van der Waals surface area contributed by atoms with Crippen molar-refractivity contribution >= 4 is 23.7 Å². The molecule has 1 saturated heterocycles. The summed E-state index contributed by atoms with van der Waals surface area (Å²) in [7, 11) is 0. The molecule has 1 aliphatic heterocycles. The van der Waals surface area contributed by atoms with Gasteiger partial charge in [-0.15, -0.1) is 0 Å². The van der Waals surface area contributed by atoms with Crippen LogP contribution in [0.15, 0.2) is 27.9 Å². The van der Waals surface area contributed by atoms with Gasteiger partial charge in [0.2, 0.25) is 0 Å². The normalized spacial score (nSPS) is 21.8. The Morgan fingerprint density at radius 2 is 2.50 bits per heavy atom. The Kier molecular flexibility index (Phi) is 2.65. The Labute approximate surface area is 75.8 Å². The number of rotatable bonds is 1. The minimum atomic E-state index is -0.172. The summed E-state index contributed by atoms with van der Waals surface area (Å²) in [6.45, 7) is 5.78. The summed E-state index contributed by atoms with van der Waals surface area (Å²) in [6.07, 6.45) is 1.57. The van der Waals surface area contributed by atoms with E-state index < -0.39 is 0 Å². The van der Waals surface area contributed by atoms with E-state index in [0.717, 1.165) is 0 Å². The van der Waals surface area contributed by atoms with Crippen LogP contribution in [0.3, 0.4) is 0 Å². The number of hydrogen-bond acceptors (Lipinski definition) is 2. The van der Waals surface area contributed by atoms with Crippen LogP contribution in [0.4, 0.5) is 0 Å². The van der Waals surface area contributed by atoms with E-state index in [0.29, 0.717) is 22.8 Å². The maximum Gasteiger partial charge on any atom is 0.251 e. The highest BCUT2D eigenvalue weighted by molar-refractivity contribution is 6.31. The van der Waals surface area contributed by atoms with Crippen LogP contribution in [-0.4, -0.2) is 18.7 Å². The topological polar surface area (TPSA) is 41.5 Å². The maximum absolute atomic E-state index is 10.9. The predicted molar refractivity (Wildman–Crippen MR) is 49.2 cm³/mol. The van der Waals surface area contributed by atoms with Crippen LogP contribution in [0.1, 0.15) is 6.92 Å². The van der Waals surface area contributed by atoms with Gasteiger partial charge in [0.1, 0.15) is 5.16 Å². The van der Waals surface area contributed by atoms with Crippen LogP contribution in [-0.2, 0) is 4.79 Å². The largest absolute Gasteiger partial charge is 0.348 e. The summed E-state index contributed by atoms with van der Waals surface area (Å²) in [6, 6.07) is 0. The maximum atomic E-state index is 10.9. The Hall–Kier alpha value is -1.09. The van der Waals surface area contributed by atoms with Crippen LogP contribution in [0.5, 0.6) is 0 Å². The van der Waals surface area contributed by atoms with Crippen molar-refractivity contribution in [3.05, 3.63) is 22.9 Å². The molecular weight excluding hydrogens is 176 g/mol. The van der Waals surface area contributed by atoms with E-state index in [2.05, 4.69) is 16.9 Å². The van der Waals surface area contributed by atoms with Gasteiger partial charge in [0.15, 0.2) is 0 Å². The summed E-state index contributed by atoms with van der Waals surface area (Å²) >= 11 is 5.78. The van der Waals surface area contributed by atoms with Gasteiger partial charge < -0.3 is 5.32 Å². The SMILES string of the molecule is C=C1C(=O)NC/C1=C(Cl)/N=C\C. The molecule has 12 heavy (non-hydrogen) atoms. The zero-order valence-electron chi connectivity index (χ0n) is 6.72. The van der Waals surface area contributed by atoms with E-state index in [9.17, 15) is 4.79 Å². The molecule has 0 bridgehead atoms. The molecule has 3 nitrogen and oxygen atoms in total. The molecule has 1 amide bonds. The molecule has 1 fully saturated rings. The lowest BCUT2D eigenvalue weighted by Gasteiger charge is -1.95. The van der Waals surface area contributed by atoms with Crippen molar-refractivity contribution in [1.29, 1.82) is 0 Å². The standard InChI is InChI=1S/C8H9ClN2O/c1-3-10-7(9)6-4-11-8(12)5(6)2/h3H,2,4H2,1H3,(H,11,12)/b7-6-,10-3-. The van der Waals surface area contributed by atoms with Crippen LogP contribution in [0, 0.1) is 0 Å². The number of halogens is 1. The molecule has 1 heterocycles. The molecule has 0 aromatic heterocycles. The monoisotopic (exact) mass is 184 g/mol. The number of carbonyl (C=O) groups is 1. The Balaban J connectivity index is 2.97. The molecule has 64 valence electrons. The molecule has 0 spiro atoms. The van der Waals surface area contributed by atoms with Crippen LogP contribution in [0.2, 0.25) is 0 Å². The Morgan fingerprint density at radius 3 is 2.92 bits per heavy atom. The summed E-state index contributed by atoms with van der Waals surface area (Å²) < 4.78 is 0. The van der Waals surface area contributed by atoms with Crippen molar-refractivity contribution < 1.29 is 4.79 Å². The zero-order valence-corrected chi connectivity index (χ0v) is 7.48. The first-order valence-electron chi connectivity index (χ1n) is 3.51. The Morgan fingerprint density at radius 1 is 1.83 bits per heavy atom. The van der Waals surface area contributed by atoms with Crippen molar-refractivity contribution in [1.82, 2.24) is 5.32 Å². The van der Waals surface area contributed by atoms with E-state index in [4.69, 9.17) is 11.6 Å².